The van der Waals surface area contributed by atoms with E-state index in [4.69, 9.17) is 0 Å². The minimum atomic E-state index is -0.188. The molecule has 7 heteroatoms. The molecule has 0 aromatic heterocycles. The van der Waals surface area contributed by atoms with E-state index in [1.54, 1.807) is 0 Å². The number of aryl methyl sites for hydroxylation is 1. The fraction of sp³-hybridized carbons (Fsp3) is 0.579. The van der Waals surface area contributed by atoms with Gasteiger partial charge >= 0.3 is 6.03 Å². The van der Waals surface area contributed by atoms with Crippen LogP contribution in [0, 0.1) is 18.8 Å². The zero-order valence-electron chi connectivity index (χ0n) is 15.3. The van der Waals surface area contributed by atoms with Gasteiger partial charge in [0.2, 0.25) is 5.91 Å². The smallest absolute Gasteiger partial charge is 0.319 e. The van der Waals surface area contributed by atoms with Crippen molar-refractivity contribution in [2.75, 3.05) is 38.0 Å². The molecule has 0 spiro atoms. The Labute approximate surface area is 161 Å². The molecule has 2 atom stereocenters. The molecule has 144 valence electrons. The number of amides is 3. The van der Waals surface area contributed by atoms with Crippen LogP contribution in [-0.2, 0) is 4.79 Å². The molecular formula is C19H29ClN4O2. The van der Waals surface area contributed by atoms with E-state index in [9.17, 15) is 9.59 Å². The van der Waals surface area contributed by atoms with E-state index in [1.165, 1.54) is 0 Å². The van der Waals surface area contributed by atoms with Crippen LogP contribution in [0.1, 0.15) is 24.8 Å². The van der Waals surface area contributed by atoms with Crippen LogP contribution in [0.3, 0.4) is 0 Å². The second-order valence-corrected chi connectivity index (χ2v) is 7.18. The molecular weight excluding hydrogens is 352 g/mol. The number of carbonyl (C=O) groups excluding carboxylic acids is 2. The molecule has 1 aromatic carbocycles. The first-order valence-electron chi connectivity index (χ1n) is 9.23. The summed E-state index contributed by atoms with van der Waals surface area (Å²) in [6.07, 6.45) is 3.01. The fourth-order valence-electron chi connectivity index (χ4n) is 3.60. The van der Waals surface area contributed by atoms with E-state index in [-0.39, 0.29) is 30.3 Å². The summed E-state index contributed by atoms with van der Waals surface area (Å²) in [5, 5.41) is 9.05. The predicted molar refractivity (Wildman–Crippen MR) is 106 cm³/mol. The second-order valence-electron chi connectivity index (χ2n) is 7.18. The van der Waals surface area contributed by atoms with Crippen LogP contribution in [0.5, 0.6) is 0 Å². The van der Waals surface area contributed by atoms with E-state index in [0.717, 1.165) is 56.7 Å². The van der Waals surface area contributed by atoms with Gasteiger partial charge in [-0.05, 0) is 50.8 Å². The van der Waals surface area contributed by atoms with Crippen molar-refractivity contribution in [3.05, 3.63) is 29.8 Å². The number of halogens is 1. The number of nitrogens with zero attached hydrogens (tertiary/aromatic N) is 1. The number of hydrogen-bond acceptors (Lipinski definition) is 3. The minimum absolute atomic E-state index is 0. The maximum absolute atomic E-state index is 12.5. The van der Waals surface area contributed by atoms with Gasteiger partial charge in [-0.25, -0.2) is 4.79 Å². The minimum Gasteiger partial charge on any atom is -0.342 e. The van der Waals surface area contributed by atoms with Crippen LogP contribution in [-0.4, -0.2) is 49.6 Å². The zero-order valence-corrected chi connectivity index (χ0v) is 16.1. The van der Waals surface area contributed by atoms with Crippen LogP contribution >= 0.6 is 12.4 Å². The van der Waals surface area contributed by atoms with Crippen molar-refractivity contribution in [3.8, 4) is 0 Å². The van der Waals surface area contributed by atoms with Gasteiger partial charge < -0.3 is 20.9 Å². The molecule has 2 unspecified atom stereocenters. The lowest BCUT2D eigenvalue weighted by Gasteiger charge is -2.34. The molecule has 1 aromatic rings. The molecule has 0 radical (unpaired) electrons. The Kier molecular flexibility index (Phi) is 7.72. The van der Waals surface area contributed by atoms with Crippen molar-refractivity contribution in [2.45, 2.75) is 26.2 Å². The summed E-state index contributed by atoms with van der Waals surface area (Å²) in [6.45, 7) is 5.96. The number of urea groups is 1. The number of benzene rings is 1. The van der Waals surface area contributed by atoms with Crippen LogP contribution in [0.2, 0.25) is 0 Å². The van der Waals surface area contributed by atoms with Crippen molar-refractivity contribution < 1.29 is 9.59 Å². The lowest BCUT2D eigenvalue weighted by molar-refractivity contribution is -0.136. The Morgan fingerprint density at radius 1 is 1.23 bits per heavy atom. The quantitative estimate of drug-likeness (QED) is 0.750. The van der Waals surface area contributed by atoms with Gasteiger partial charge in [-0.15, -0.1) is 12.4 Å². The lowest BCUT2D eigenvalue weighted by Crippen LogP contribution is -2.46. The third-order valence-electron chi connectivity index (χ3n) is 5.10. The number of rotatable bonds is 4. The zero-order chi connectivity index (χ0) is 17.6. The molecule has 0 saturated carbocycles. The average molecular weight is 381 g/mol. The summed E-state index contributed by atoms with van der Waals surface area (Å²) in [4.78, 5) is 26.6. The highest BCUT2D eigenvalue weighted by molar-refractivity contribution is 5.89. The number of carbonyl (C=O) groups is 2. The Balaban J connectivity index is 0.00000243. The number of hydrogen-bond donors (Lipinski definition) is 3. The maximum atomic E-state index is 12.5. The Hall–Kier alpha value is -1.79. The third kappa shape index (κ3) is 5.61. The molecule has 0 aliphatic carbocycles. The lowest BCUT2D eigenvalue weighted by atomic mass is 9.96. The molecule has 3 rings (SSSR count). The summed E-state index contributed by atoms with van der Waals surface area (Å²) >= 11 is 0. The Morgan fingerprint density at radius 3 is 2.69 bits per heavy atom. The van der Waals surface area contributed by atoms with Crippen LogP contribution < -0.4 is 16.0 Å². The van der Waals surface area contributed by atoms with Gasteiger partial charge in [0, 0.05) is 31.9 Å². The molecule has 26 heavy (non-hydrogen) atoms. The van der Waals surface area contributed by atoms with E-state index in [2.05, 4.69) is 16.0 Å². The first-order chi connectivity index (χ1) is 12.1. The van der Waals surface area contributed by atoms with Crippen LogP contribution in [0.25, 0.3) is 0 Å². The monoisotopic (exact) mass is 380 g/mol. The highest BCUT2D eigenvalue weighted by atomic mass is 35.5. The number of likely N-dealkylation sites (tertiary alicyclic amines) is 1. The number of piperidine rings is 1. The Morgan fingerprint density at radius 2 is 2.00 bits per heavy atom. The highest BCUT2D eigenvalue weighted by Gasteiger charge is 2.30. The topological polar surface area (TPSA) is 73.5 Å². The van der Waals surface area contributed by atoms with E-state index in [0.29, 0.717) is 12.5 Å². The summed E-state index contributed by atoms with van der Waals surface area (Å²) in [7, 11) is 0. The molecule has 0 bridgehead atoms. The molecule has 6 nitrogen and oxygen atoms in total. The summed E-state index contributed by atoms with van der Waals surface area (Å²) in [6, 6.07) is 7.54. The molecule has 3 amide bonds. The van der Waals surface area contributed by atoms with Crippen molar-refractivity contribution in [3.63, 3.8) is 0 Å². The standard InChI is InChI=1S/C19H28N4O2.ClH/c1-14-4-6-17(7-5-14)22-19(25)21-11-15-3-2-10-23(13-15)18(24)16-8-9-20-12-16;/h4-7,15-16,20H,2-3,8-13H2,1H3,(H2,21,22,25);1H. The molecule has 2 aliphatic heterocycles. The average Bonchev–Trinajstić information content (AvgIpc) is 3.16. The largest absolute Gasteiger partial charge is 0.342 e. The van der Waals surface area contributed by atoms with Crippen LogP contribution in [0.15, 0.2) is 24.3 Å². The fourth-order valence-corrected chi connectivity index (χ4v) is 3.60. The van der Waals surface area contributed by atoms with Gasteiger partial charge in [0.25, 0.3) is 0 Å². The maximum Gasteiger partial charge on any atom is 0.319 e. The molecule has 3 N–H and O–H groups in total. The number of nitrogens with one attached hydrogen (secondary N) is 3. The molecule has 2 aliphatic rings. The van der Waals surface area contributed by atoms with Crippen LogP contribution in [0.4, 0.5) is 10.5 Å². The Bertz CT molecular complexity index is 602. The SMILES string of the molecule is Cc1ccc(NC(=O)NCC2CCCN(C(=O)C3CCNC3)C2)cc1.Cl. The van der Waals surface area contributed by atoms with Gasteiger partial charge in [-0.3, -0.25) is 4.79 Å². The van der Waals surface area contributed by atoms with Gasteiger partial charge in [-0.2, -0.15) is 0 Å². The first-order valence-corrected chi connectivity index (χ1v) is 9.23. The summed E-state index contributed by atoms with van der Waals surface area (Å²) < 4.78 is 0. The number of anilines is 1. The third-order valence-corrected chi connectivity index (χ3v) is 5.10. The van der Waals surface area contributed by atoms with E-state index in [1.807, 2.05) is 36.1 Å². The van der Waals surface area contributed by atoms with Crippen molar-refractivity contribution in [2.24, 2.45) is 11.8 Å². The summed E-state index contributed by atoms with van der Waals surface area (Å²) in [5.41, 5.74) is 1.95. The normalized spacial score (nSPS) is 22.4. The van der Waals surface area contributed by atoms with Crippen molar-refractivity contribution >= 4 is 30.0 Å². The molecule has 2 heterocycles. The van der Waals surface area contributed by atoms with E-state index >= 15 is 0 Å². The van der Waals surface area contributed by atoms with Crippen molar-refractivity contribution in [1.82, 2.24) is 15.5 Å². The van der Waals surface area contributed by atoms with E-state index < -0.39 is 0 Å². The van der Waals surface area contributed by atoms with Crippen molar-refractivity contribution in [1.29, 1.82) is 0 Å². The second kappa shape index (κ2) is 9.78. The molecule has 2 fully saturated rings. The summed E-state index contributed by atoms with van der Waals surface area (Å²) in [5.74, 6) is 0.742. The molecule has 2 saturated heterocycles. The van der Waals surface area contributed by atoms with Gasteiger partial charge in [0.15, 0.2) is 0 Å². The van der Waals surface area contributed by atoms with Gasteiger partial charge in [0.1, 0.15) is 0 Å². The predicted octanol–water partition coefficient (Wildman–Crippen LogP) is 2.39. The van der Waals surface area contributed by atoms with Gasteiger partial charge in [0.05, 0.1) is 5.92 Å². The highest BCUT2D eigenvalue weighted by Crippen LogP contribution is 2.20. The van der Waals surface area contributed by atoms with Gasteiger partial charge in [-0.1, -0.05) is 17.7 Å². The first kappa shape index (κ1) is 20.5.